The van der Waals surface area contributed by atoms with Crippen LogP contribution in [0.2, 0.25) is 0 Å². The van der Waals surface area contributed by atoms with Gasteiger partial charge in [-0.25, -0.2) is 0 Å². The number of rotatable bonds is 3. The van der Waals surface area contributed by atoms with Gasteiger partial charge in [0.1, 0.15) is 19.0 Å². The van der Waals surface area contributed by atoms with E-state index >= 15 is 0 Å². The third-order valence-electron chi connectivity index (χ3n) is 4.45. The Labute approximate surface area is 150 Å². The minimum absolute atomic E-state index is 0.0724. The van der Waals surface area contributed by atoms with Gasteiger partial charge in [-0.05, 0) is 24.3 Å². The molecule has 2 aromatic carbocycles. The third kappa shape index (κ3) is 3.15. The number of aromatic hydroxyl groups is 1. The number of carbonyl (C=O) groups excluding carboxylic acids is 2. The van der Waals surface area contributed by atoms with Crippen LogP contribution in [0.3, 0.4) is 0 Å². The molecule has 2 heterocycles. The number of fused-ring (bicyclic) bond motifs is 1. The molecule has 1 fully saturated rings. The standard InChI is InChI=1S/C19H18N2O5/c22-15-3-1-2-13(9-15)20-19(24)12-8-18(23)21(11-12)14-4-5-16-17(10-14)26-7-6-25-16/h1-5,9-10,12,22H,6-8,11H2,(H,20,24). The van der Waals surface area contributed by atoms with Crippen molar-refractivity contribution >= 4 is 23.2 Å². The summed E-state index contributed by atoms with van der Waals surface area (Å²) in [7, 11) is 0. The van der Waals surface area contributed by atoms with E-state index in [1.54, 1.807) is 35.2 Å². The average molecular weight is 354 g/mol. The molecule has 26 heavy (non-hydrogen) atoms. The molecule has 0 spiro atoms. The zero-order valence-electron chi connectivity index (χ0n) is 14.0. The lowest BCUT2D eigenvalue weighted by Gasteiger charge is -2.22. The predicted octanol–water partition coefficient (Wildman–Crippen LogP) is 2.16. The largest absolute Gasteiger partial charge is 0.508 e. The number of hydrogen-bond donors (Lipinski definition) is 2. The fraction of sp³-hybridized carbons (Fsp3) is 0.263. The van der Waals surface area contributed by atoms with Gasteiger partial charge in [0.15, 0.2) is 11.5 Å². The highest BCUT2D eigenvalue weighted by atomic mass is 16.6. The number of nitrogens with one attached hydrogen (secondary N) is 1. The van der Waals surface area contributed by atoms with Crippen molar-refractivity contribution in [1.29, 1.82) is 0 Å². The predicted molar refractivity (Wildman–Crippen MR) is 94.6 cm³/mol. The van der Waals surface area contributed by atoms with E-state index in [-0.39, 0.29) is 24.0 Å². The van der Waals surface area contributed by atoms with Crippen LogP contribution in [-0.2, 0) is 9.59 Å². The van der Waals surface area contributed by atoms with Gasteiger partial charge in [0.05, 0.1) is 5.92 Å². The second-order valence-corrected chi connectivity index (χ2v) is 6.27. The first-order valence-corrected chi connectivity index (χ1v) is 8.40. The van der Waals surface area contributed by atoms with Crippen LogP contribution in [0.5, 0.6) is 17.2 Å². The molecule has 0 aromatic heterocycles. The number of benzene rings is 2. The summed E-state index contributed by atoms with van der Waals surface area (Å²) in [6.07, 6.45) is 0.138. The Hall–Kier alpha value is -3.22. The van der Waals surface area contributed by atoms with Crippen LogP contribution in [-0.4, -0.2) is 36.7 Å². The molecular weight excluding hydrogens is 336 g/mol. The van der Waals surface area contributed by atoms with Gasteiger partial charge in [-0.15, -0.1) is 0 Å². The molecule has 0 saturated carbocycles. The molecule has 2 amide bonds. The number of hydrogen-bond acceptors (Lipinski definition) is 5. The summed E-state index contributed by atoms with van der Waals surface area (Å²) in [5.41, 5.74) is 1.19. The molecule has 1 atom stereocenters. The molecule has 4 rings (SSSR count). The molecule has 0 aliphatic carbocycles. The fourth-order valence-corrected chi connectivity index (χ4v) is 3.16. The Morgan fingerprint density at radius 1 is 1.12 bits per heavy atom. The normalized spacial score (nSPS) is 18.7. The maximum absolute atomic E-state index is 12.5. The summed E-state index contributed by atoms with van der Waals surface area (Å²) in [5, 5.41) is 12.2. The summed E-state index contributed by atoms with van der Waals surface area (Å²) < 4.78 is 11.0. The van der Waals surface area contributed by atoms with Gasteiger partial charge in [-0.2, -0.15) is 0 Å². The first-order chi connectivity index (χ1) is 12.6. The van der Waals surface area contributed by atoms with Crippen LogP contribution in [0.4, 0.5) is 11.4 Å². The molecule has 7 nitrogen and oxygen atoms in total. The summed E-state index contributed by atoms with van der Waals surface area (Å²) in [5.74, 6) is 0.516. The van der Waals surface area contributed by atoms with Gasteiger partial charge < -0.3 is 24.8 Å². The third-order valence-corrected chi connectivity index (χ3v) is 4.45. The van der Waals surface area contributed by atoms with Crippen molar-refractivity contribution in [3.05, 3.63) is 42.5 Å². The van der Waals surface area contributed by atoms with Crippen LogP contribution in [0.15, 0.2) is 42.5 Å². The van der Waals surface area contributed by atoms with Crippen LogP contribution in [0.25, 0.3) is 0 Å². The maximum Gasteiger partial charge on any atom is 0.229 e. The lowest BCUT2D eigenvalue weighted by atomic mass is 10.1. The van der Waals surface area contributed by atoms with Gasteiger partial charge in [0, 0.05) is 36.5 Å². The molecule has 2 N–H and O–H groups in total. The van der Waals surface area contributed by atoms with Crippen molar-refractivity contribution in [3.63, 3.8) is 0 Å². The van der Waals surface area contributed by atoms with Crippen molar-refractivity contribution in [2.45, 2.75) is 6.42 Å². The van der Waals surface area contributed by atoms with E-state index in [1.807, 2.05) is 0 Å². The van der Waals surface area contributed by atoms with Crippen molar-refractivity contribution in [3.8, 4) is 17.2 Å². The molecule has 0 radical (unpaired) electrons. The highest BCUT2D eigenvalue weighted by Crippen LogP contribution is 2.36. The van der Waals surface area contributed by atoms with E-state index in [9.17, 15) is 14.7 Å². The molecule has 134 valence electrons. The fourth-order valence-electron chi connectivity index (χ4n) is 3.16. The first-order valence-electron chi connectivity index (χ1n) is 8.40. The number of amides is 2. The maximum atomic E-state index is 12.5. The Morgan fingerprint density at radius 3 is 2.73 bits per heavy atom. The topological polar surface area (TPSA) is 88.1 Å². The molecule has 1 saturated heterocycles. The highest BCUT2D eigenvalue weighted by molar-refractivity contribution is 6.03. The molecular formula is C19H18N2O5. The Balaban J connectivity index is 1.47. The van der Waals surface area contributed by atoms with Crippen molar-refractivity contribution in [2.24, 2.45) is 5.92 Å². The molecule has 0 bridgehead atoms. The van der Waals surface area contributed by atoms with Crippen molar-refractivity contribution < 1.29 is 24.2 Å². The van der Waals surface area contributed by atoms with Gasteiger partial charge >= 0.3 is 0 Å². The lowest BCUT2D eigenvalue weighted by molar-refractivity contribution is -0.122. The summed E-state index contributed by atoms with van der Waals surface area (Å²) >= 11 is 0. The monoisotopic (exact) mass is 354 g/mol. The number of phenols is 1. The van der Waals surface area contributed by atoms with E-state index in [2.05, 4.69) is 5.32 Å². The second kappa shape index (κ2) is 6.59. The highest BCUT2D eigenvalue weighted by Gasteiger charge is 2.35. The number of carbonyl (C=O) groups is 2. The lowest BCUT2D eigenvalue weighted by Crippen LogP contribution is -2.28. The minimum Gasteiger partial charge on any atom is -0.508 e. The zero-order valence-corrected chi connectivity index (χ0v) is 14.0. The number of ether oxygens (including phenoxy) is 2. The van der Waals surface area contributed by atoms with Crippen LogP contribution < -0.4 is 19.7 Å². The van der Waals surface area contributed by atoms with E-state index in [0.29, 0.717) is 42.6 Å². The zero-order chi connectivity index (χ0) is 18.1. The number of nitrogens with zero attached hydrogens (tertiary/aromatic N) is 1. The summed E-state index contributed by atoms with van der Waals surface area (Å²) in [6, 6.07) is 11.7. The molecule has 1 unspecified atom stereocenters. The van der Waals surface area contributed by atoms with Crippen LogP contribution in [0.1, 0.15) is 6.42 Å². The average Bonchev–Trinajstić information content (AvgIpc) is 3.03. The molecule has 7 heteroatoms. The van der Waals surface area contributed by atoms with Crippen molar-refractivity contribution in [1.82, 2.24) is 0 Å². The SMILES string of the molecule is O=C(Nc1cccc(O)c1)C1CC(=O)N(c2ccc3c(c2)OCCO3)C1. The molecule has 2 aromatic rings. The van der Waals surface area contributed by atoms with Gasteiger partial charge in [-0.3, -0.25) is 9.59 Å². The second-order valence-electron chi connectivity index (χ2n) is 6.27. The van der Waals surface area contributed by atoms with Crippen LogP contribution in [0, 0.1) is 5.92 Å². The molecule has 2 aliphatic rings. The summed E-state index contributed by atoms with van der Waals surface area (Å²) in [4.78, 5) is 26.5. The van der Waals surface area contributed by atoms with E-state index in [1.165, 1.54) is 12.1 Å². The van der Waals surface area contributed by atoms with Gasteiger partial charge in [0.2, 0.25) is 11.8 Å². The Bertz CT molecular complexity index is 867. The minimum atomic E-state index is -0.460. The summed E-state index contributed by atoms with van der Waals surface area (Å²) in [6.45, 7) is 1.27. The Kier molecular flexibility index (Phi) is 4.12. The molecule has 2 aliphatic heterocycles. The quantitative estimate of drug-likeness (QED) is 0.882. The first kappa shape index (κ1) is 16.3. The van der Waals surface area contributed by atoms with Gasteiger partial charge in [0.25, 0.3) is 0 Å². The van der Waals surface area contributed by atoms with E-state index < -0.39 is 5.92 Å². The number of anilines is 2. The smallest absolute Gasteiger partial charge is 0.229 e. The Morgan fingerprint density at radius 2 is 1.92 bits per heavy atom. The number of phenolic OH excluding ortho intramolecular Hbond substituents is 1. The van der Waals surface area contributed by atoms with Gasteiger partial charge in [-0.1, -0.05) is 6.07 Å². The van der Waals surface area contributed by atoms with E-state index in [0.717, 1.165) is 0 Å². The van der Waals surface area contributed by atoms with E-state index in [4.69, 9.17) is 9.47 Å². The van der Waals surface area contributed by atoms with Crippen LogP contribution >= 0.6 is 0 Å². The van der Waals surface area contributed by atoms with Crippen molar-refractivity contribution in [2.75, 3.05) is 30.0 Å².